The lowest BCUT2D eigenvalue weighted by Crippen LogP contribution is -2.34. The van der Waals surface area contributed by atoms with Crippen molar-refractivity contribution in [1.82, 2.24) is 4.90 Å². The van der Waals surface area contributed by atoms with Gasteiger partial charge in [-0.2, -0.15) is 0 Å². The number of methoxy groups -OCH3 is 1. The lowest BCUT2D eigenvalue weighted by Gasteiger charge is -2.19. The molecule has 0 aliphatic rings. The van der Waals surface area contributed by atoms with Gasteiger partial charge in [0.2, 0.25) is 0 Å². The van der Waals surface area contributed by atoms with Crippen molar-refractivity contribution in [2.75, 3.05) is 14.2 Å². The third-order valence-electron chi connectivity index (χ3n) is 3.36. The van der Waals surface area contributed by atoms with Crippen LogP contribution in [0, 0.1) is 0 Å². The van der Waals surface area contributed by atoms with E-state index in [9.17, 15) is 10.0 Å². The Hall–Kier alpha value is -1.82. The van der Waals surface area contributed by atoms with E-state index in [-0.39, 0.29) is 0 Å². The molecule has 0 bridgehead atoms. The molecule has 110 valence electrons. The molecule has 0 atom stereocenters. The molecule has 0 heterocycles. The third-order valence-corrected chi connectivity index (χ3v) is 3.36. The van der Waals surface area contributed by atoms with Gasteiger partial charge < -0.3 is 14.8 Å². The highest BCUT2D eigenvalue weighted by molar-refractivity contribution is 6.59. The fraction of sp³-hybridized carbons (Fsp3) is 0.250. The predicted octanol–water partition coefficient (Wildman–Crippen LogP) is 1.01. The first kappa shape index (κ1) is 15.6. The second kappa shape index (κ2) is 7.27. The average Bonchev–Trinajstić information content (AvgIpc) is 2.47. The minimum absolute atomic E-state index is 0.551. The summed E-state index contributed by atoms with van der Waals surface area (Å²) in [7, 11) is 2.22. The minimum Gasteiger partial charge on any atom is -0.497 e. The summed E-state index contributed by atoms with van der Waals surface area (Å²) in [6.07, 6.45) is 0. The van der Waals surface area contributed by atoms with E-state index in [1.165, 1.54) is 0 Å². The molecule has 0 fully saturated rings. The zero-order chi connectivity index (χ0) is 15.2. The normalized spacial score (nSPS) is 10.7. The molecule has 0 aliphatic carbocycles. The standard InChI is InChI=1S/C16H20BNO3/c1-18(11-13-6-5-8-15(10-13)21-2)12-14-7-3-4-9-16(14)17(19)20/h3-10,19-20H,11-12H2,1-2H3. The van der Waals surface area contributed by atoms with Crippen molar-refractivity contribution in [3.63, 3.8) is 0 Å². The topological polar surface area (TPSA) is 52.9 Å². The van der Waals surface area contributed by atoms with Crippen LogP contribution in [0.15, 0.2) is 48.5 Å². The highest BCUT2D eigenvalue weighted by Gasteiger charge is 2.16. The van der Waals surface area contributed by atoms with E-state index in [2.05, 4.69) is 4.90 Å². The van der Waals surface area contributed by atoms with Gasteiger partial charge in [0.15, 0.2) is 0 Å². The number of nitrogens with zero attached hydrogens (tertiary/aromatic N) is 1. The van der Waals surface area contributed by atoms with Crippen LogP contribution >= 0.6 is 0 Å². The van der Waals surface area contributed by atoms with E-state index in [1.807, 2.05) is 43.4 Å². The number of hydrogen-bond donors (Lipinski definition) is 2. The van der Waals surface area contributed by atoms with Gasteiger partial charge in [0.25, 0.3) is 0 Å². The van der Waals surface area contributed by atoms with Gasteiger partial charge in [0.1, 0.15) is 5.75 Å². The molecule has 4 nitrogen and oxygen atoms in total. The Morgan fingerprint density at radius 1 is 1.05 bits per heavy atom. The van der Waals surface area contributed by atoms with E-state index in [0.717, 1.165) is 23.4 Å². The zero-order valence-electron chi connectivity index (χ0n) is 12.4. The van der Waals surface area contributed by atoms with Gasteiger partial charge in [-0.3, -0.25) is 4.90 Å². The molecule has 2 rings (SSSR count). The average molecular weight is 285 g/mol. The van der Waals surface area contributed by atoms with Gasteiger partial charge in [-0.1, -0.05) is 36.4 Å². The Kier molecular flexibility index (Phi) is 5.39. The Bertz CT molecular complexity index is 589. The van der Waals surface area contributed by atoms with Crippen LogP contribution in [0.25, 0.3) is 0 Å². The Balaban J connectivity index is 2.06. The molecular formula is C16H20BNO3. The molecule has 2 aromatic rings. The molecular weight excluding hydrogens is 265 g/mol. The Morgan fingerprint density at radius 2 is 1.81 bits per heavy atom. The maximum Gasteiger partial charge on any atom is 0.488 e. The first-order valence-corrected chi connectivity index (χ1v) is 6.85. The quantitative estimate of drug-likeness (QED) is 0.778. The van der Waals surface area contributed by atoms with Gasteiger partial charge >= 0.3 is 7.12 Å². The molecule has 5 heteroatoms. The lowest BCUT2D eigenvalue weighted by atomic mass is 9.77. The van der Waals surface area contributed by atoms with E-state index in [0.29, 0.717) is 12.0 Å². The molecule has 0 aromatic heterocycles. The molecule has 2 N–H and O–H groups in total. The minimum atomic E-state index is -1.44. The van der Waals surface area contributed by atoms with Gasteiger partial charge in [0, 0.05) is 13.1 Å². The highest BCUT2D eigenvalue weighted by atomic mass is 16.5. The van der Waals surface area contributed by atoms with Gasteiger partial charge in [-0.15, -0.1) is 0 Å². The molecule has 21 heavy (non-hydrogen) atoms. The van der Waals surface area contributed by atoms with Crippen molar-refractivity contribution in [2.45, 2.75) is 13.1 Å². The second-order valence-corrected chi connectivity index (χ2v) is 5.10. The first-order valence-electron chi connectivity index (χ1n) is 6.85. The molecule has 0 saturated heterocycles. The van der Waals surface area contributed by atoms with Crippen LogP contribution < -0.4 is 10.2 Å². The summed E-state index contributed by atoms with van der Waals surface area (Å²) in [5, 5.41) is 18.8. The zero-order valence-corrected chi connectivity index (χ0v) is 12.4. The van der Waals surface area contributed by atoms with Crippen molar-refractivity contribution in [3.8, 4) is 5.75 Å². The summed E-state index contributed by atoms with van der Waals surface area (Å²) in [6, 6.07) is 15.3. The van der Waals surface area contributed by atoms with Crippen LogP contribution in [0.4, 0.5) is 0 Å². The van der Waals surface area contributed by atoms with E-state index in [1.54, 1.807) is 19.2 Å². The summed E-state index contributed by atoms with van der Waals surface area (Å²) in [5.41, 5.74) is 2.62. The van der Waals surface area contributed by atoms with Crippen molar-refractivity contribution < 1.29 is 14.8 Å². The van der Waals surface area contributed by atoms with Crippen LogP contribution in [-0.4, -0.2) is 36.2 Å². The summed E-state index contributed by atoms with van der Waals surface area (Å²) >= 11 is 0. The predicted molar refractivity (Wildman–Crippen MR) is 84.4 cm³/mol. The largest absolute Gasteiger partial charge is 0.497 e. The summed E-state index contributed by atoms with van der Waals surface area (Å²) in [6.45, 7) is 1.40. The lowest BCUT2D eigenvalue weighted by molar-refractivity contribution is 0.318. The molecule has 0 unspecified atom stereocenters. The molecule has 0 aliphatic heterocycles. The van der Waals surface area contributed by atoms with Crippen molar-refractivity contribution in [1.29, 1.82) is 0 Å². The fourth-order valence-electron chi connectivity index (χ4n) is 2.36. The SMILES string of the molecule is COc1cccc(CN(C)Cc2ccccc2B(O)O)c1. The number of benzene rings is 2. The first-order chi connectivity index (χ1) is 10.1. The monoisotopic (exact) mass is 285 g/mol. The smallest absolute Gasteiger partial charge is 0.488 e. The van der Waals surface area contributed by atoms with Crippen molar-refractivity contribution in [2.24, 2.45) is 0 Å². The maximum absolute atomic E-state index is 9.40. The number of ether oxygens (including phenoxy) is 1. The molecule has 0 saturated carbocycles. The van der Waals surface area contributed by atoms with E-state index < -0.39 is 7.12 Å². The van der Waals surface area contributed by atoms with Crippen LogP contribution in [0.5, 0.6) is 5.75 Å². The maximum atomic E-state index is 9.40. The number of rotatable bonds is 6. The van der Waals surface area contributed by atoms with Gasteiger partial charge in [-0.25, -0.2) is 0 Å². The molecule has 2 aromatic carbocycles. The highest BCUT2D eigenvalue weighted by Crippen LogP contribution is 2.14. The summed E-state index contributed by atoms with van der Waals surface area (Å²) in [4.78, 5) is 2.12. The molecule has 0 radical (unpaired) electrons. The summed E-state index contributed by atoms with van der Waals surface area (Å²) < 4.78 is 5.22. The number of hydrogen-bond acceptors (Lipinski definition) is 4. The van der Waals surface area contributed by atoms with Gasteiger partial charge in [-0.05, 0) is 35.8 Å². The van der Waals surface area contributed by atoms with Crippen LogP contribution in [-0.2, 0) is 13.1 Å². The fourth-order valence-corrected chi connectivity index (χ4v) is 2.36. The van der Waals surface area contributed by atoms with E-state index >= 15 is 0 Å². The van der Waals surface area contributed by atoms with Crippen LogP contribution in [0.2, 0.25) is 0 Å². The van der Waals surface area contributed by atoms with E-state index in [4.69, 9.17) is 4.74 Å². The van der Waals surface area contributed by atoms with Crippen molar-refractivity contribution in [3.05, 3.63) is 59.7 Å². The second-order valence-electron chi connectivity index (χ2n) is 5.10. The van der Waals surface area contributed by atoms with Crippen LogP contribution in [0.3, 0.4) is 0 Å². The van der Waals surface area contributed by atoms with Crippen molar-refractivity contribution >= 4 is 12.6 Å². The summed E-state index contributed by atoms with van der Waals surface area (Å²) in [5.74, 6) is 0.840. The Labute approximate surface area is 125 Å². The Morgan fingerprint density at radius 3 is 2.52 bits per heavy atom. The molecule has 0 spiro atoms. The van der Waals surface area contributed by atoms with Gasteiger partial charge in [0.05, 0.1) is 7.11 Å². The molecule has 0 amide bonds. The third kappa shape index (κ3) is 4.33. The van der Waals surface area contributed by atoms with Crippen LogP contribution in [0.1, 0.15) is 11.1 Å².